The highest BCUT2D eigenvalue weighted by Crippen LogP contribution is 2.52. The molecule has 0 N–H and O–H groups in total. The number of fused-ring (bicyclic) bond motifs is 8. The maximum absolute atomic E-state index is 5.28. The highest BCUT2D eigenvalue weighted by atomic mass is 14.9. The van der Waals surface area contributed by atoms with Gasteiger partial charge in [0.15, 0.2) is 5.82 Å². The van der Waals surface area contributed by atoms with Crippen molar-refractivity contribution in [3.05, 3.63) is 217 Å². The van der Waals surface area contributed by atoms with Crippen molar-refractivity contribution in [1.29, 1.82) is 0 Å². The summed E-state index contributed by atoms with van der Waals surface area (Å²) in [6.07, 6.45) is 0. The Kier molecular flexibility index (Phi) is 7.92. The summed E-state index contributed by atoms with van der Waals surface area (Å²) in [7, 11) is 0. The van der Waals surface area contributed by atoms with E-state index in [4.69, 9.17) is 9.97 Å². The van der Waals surface area contributed by atoms with E-state index in [1.807, 2.05) is 6.07 Å². The number of hydrogen-bond donors (Lipinski definition) is 0. The third-order valence-corrected chi connectivity index (χ3v) is 13.1. The van der Waals surface area contributed by atoms with E-state index in [0.717, 1.165) is 33.5 Å². The Labute approximate surface area is 355 Å². The van der Waals surface area contributed by atoms with Crippen molar-refractivity contribution in [3.8, 4) is 67.3 Å². The molecule has 1 aliphatic carbocycles. The van der Waals surface area contributed by atoms with Crippen molar-refractivity contribution in [2.45, 2.75) is 19.3 Å². The molecule has 2 heteroatoms. The van der Waals surface area contributed by atoms with Crippen LogP contribution in [0.2, 0.25) is 0 Å². The van der Waals surface area contributed by atoms with Gasteiger partial charge in [0.1, 0.15) is 0 Å². The zero-order valence-electron chi connectivity index (χ0n) is 34.0. The van der Waals surface area contributed by atoms with E-state index in [2.05, 4.69) is 214 Å². The summed E-state index contributed by atoms with van der Waals surface area (Å²) in [5, 5.41) is 9.82. The van der Waals surface area contributed by atoms with Gasteiger partial charge in [0.2, 0.25) is 0 Å². The first-order valence-corrected chi connectivity index (χ1v) is 21.2. The predicted octanol–water partition coefficient (Wildman–Crippen LogP) is 15.7. The van der Waals surface area contributed by atoms with E-state index in [-0.39, 0.29) is 5.41 Å². The topological polar surface area (TPSA) is 25.8 Å². The van der Waals surface area contributed by atoms with Crippen LogP contribution < -0.4 is 0 Å². The van der Waals surface area contributed by atoms with E-state index in [9.17, 15) is 0 Å². The van der Waals surface area contributed by atoms with Crippen molar-refractivity contribution < 1.29 is 0 Å². The molecule has 0 fully saturated rings. The molecule has 0 radical (unpaired) electrons. The molecule has 0 aliphatic heterocycles. The smallest absolute Gasteiger partial charge is 0.160 e. The maximum Gasteiger partial charge on any atom is 0.160 e. The Balaban J connectivity index is 1.01. The standard InChI is InChI=1S/C59H40N2/c1-59(2)54-34-28-40(35-53(54)52-29-27-38-16-7-9-21-43(38)57(52)59)42-30-31-48(45-23-11-10-22-44(42)45)49-32-33-51(47-25-13-12-24-46(47)49)56-36-55(60-58(61-56)39-17-4-3-5-18-39)50-26-14-19-37-15-6-8-20-41(37)50/h3-36H,1-2H3. The molecule has 0 amide bonds. The molecule has 1 heterocycles. The normalized spacial score (nSPS) is 12.9. The van der Waals surface area contributed by atoms with E-state index >= 15 is 0 Å². The number of aromatic nitrogens is 2. The van der Waals surface area contributed by atoms with Crippen molar-refractivity contribution in [1.82, 2.24) is 9.97 Å². The largest absolute Gasteiger partial charge is 0.228 e. The van der Waals surface area contributed by atoms with E-state index in [0.29, 0.717) is 5.82 Å². The van der Waals surface area contributed by atoms with Gasteiger partial charge in [0.05, 0.1) is 11.4 Å². The number of nitrogens with zero attached hydrogens (tertiary/aromatic N) is 2. The first kappa shape index (κ1) is 35.3. The third-order valence-electron chi connectivity index (χ3n) is 13.1. The SMILES string of the molecule is CC1(C)c2ccc(-c3ccc(-c4ccc(-c5cc(-c6cccc7ccccc67)nc(-c6ccccc6)n5)c5ccccc45)c4ccccc34)cc2-c2ccc3ccccc3c21. The first-order chi connectivity index (χ1) is 30.0. The molecule has 11 aromatic rings. The van der Waals surface area contributed by atoms with Crippen LogP contribution in [0.25, 0.3) is 110 Å². The van der Waals surface area contributed by atoms with Gasteiger partial charge in [-0.3, -0.25) is 0 Å². The first-order valence-electron chi connectivity index (χ1n) is 21.2. The maximum atomic E-state index is 5.28. The lowest BCUT2D eigenvalue weighted by atomic mass is 9.80. The molecular weight excluding hydrogens is 737 g/mol. The zero-order chi connectivity index (χ0) is 40.7. The van der Waals surface area contributed by atoms with Gasteiger partial charge in [-0.25, -0.2) is 9.97 Å². The molecule has 0 spiro atoms. The molecule has 286 valence electrons. The van der Waals surface area contributed by atoms with Crippen LogP contribution in [0.15, 0.2) is 206 Å². The lowest BCUT2D eigenvalue weighted by molar-refractivity contribution is 0.666. The monoisotopic (exact) mass is 776 g/mol. The van der Waals surface area contributed by atoms with Crippen LogP contribution in [0.3, 0.4) is 0 Å². The van der Waals surface area contributed by atoms with Gasteiger partial charge < -0.3 is 0 Å². The molecular formula is C59H40N2. The van der Waals surface area contributed by atoms with Gasteiger partial charge in [-0.05, 0) is 99.7 Å². The van der Waals surface area contributed by atoms with Crippen molar-refractivity contribution in [2.75, 3.05) is 0 Å². The quantitative estimate of drug-likeness (QED) is 0.174. The molecule has 12 rings (SSSR count). The minimum Gasteiger partial charge on any atom is -0.228 e. The summed E-state index contributed by atoms with van der Waals surface area (Å²) in [6, 6.07) is 74.9. The third kappa shape index (κ3) is 5.56. The van der Waals surface area contributed by atoms with Gasteiger partial charge in [-0.15, -0.1) is 0 Å². The molecule has 10 aromatic carbocycles. The summed E-state index contributed by atoms with van der Waals surface area (Å²) < 4.78 is 0. The molecule has 1 aromatic heterocycles. The van der Waals surface area contributed by atoms with Crippen LogP contribution in [-0.2, 0) is 5.41 Å². The van der Waals surface area contributed by atoms with Gasteiger partial charge >= 0.3 is 0 Å². The van der Waals surface area contributed by atoms with E-state index in [1.165, 1.54) is 82.2 Å². The summed E-state index contributed by atoms with van der Waals surface area (Å²) in [5.74, 6) is 0.711. The van der Waals surface area contributed by atoms with Crippen molar-refractivity contribution >= 4 is 43.1 Å². The molecule has 0 saturated carbocycles. The fourth-order valence-electron chi connectivity index (χ4n) is 10.2. The number of benzene rings is 10. The van der Waals surface area contributed by atoms with E-state index < -0.39 is 0 Å². The number of rotatable bonds is 5. The van der Waals surface area contributed by atoms with Crippen LogP contribution in [0, 0.1) is 0 Å². The van der Waals surface area contributed by atoms with Gasteiger partial charge in [0, 0.05) is 22.1 Å². The average molecular weight is 777 g/mol. The summed E-state index contributed by atoms with van der Waals surface area (Å²) in [6.45, 7) is 4.75. The van der Waals surface area contributed by atoms with Crippen LogP contribution in [0.4, 0.5) is 0 Å². The highest BCUT2D eigenvalue weighted by Gasteiger charge is 2.37. The van der Waals surface area contributed by atoms with E-state index in [1.54, 1.807) is 0 Å². The van der Waals surface area contributed by atoms with Gasteiger partial charge in [-0.1, -0.05) is 208 Å². The molecule has 0 atom stereocenters. The lowest BCUT2D eigenvalue weighted by Gasteiger charge is -2.23. The molecule has 0 unspecified atom stereocenters. The molecule has 1 aliphatic rings. The Morgan fingerprint density at radius 3 is 1.49 bits per heavy atom. The summed E-state index contributed by atoms with van der Waals surface area (Å²) in [4.78, 5) is 10.5. The minimum atomic E-state index is -0.0877. The second-order valence-corrected chi connectivity index (χ2v) is 16.9. The van der Waals surface area contributed by atoms with Crippen LogP contribution in [0.1, 0.15) is 25.0 Å². The van der Waals surface area contributed by atoms with Crippen LogP contribution in [0.5, 0.6) is 0 Å². The Hall–Kier alpha value is -7.68. The Bertz CT molecular complexity index is 3560. The Morgan fingerprint density at radius 2 is 0.803 bits per heavy atom. The summed E-state index contributed by atoms with van der Waals surface area (Å²) in [5.41, 5.74) is 15.3. The number of hydrogen-bond acceptors (Lipinski definition) is 2. The molecule has 2 nitrogen and oxygen atoms in total. The second kappa shape index (κ2) is 13.7. The molecule has 0 bridgehead atoms. The molecule has 0 saturated heterocycles. The van der Waals surface area contributed by atoms with Gasteiger partial charge in [0.25, 0.3) is 0 Å². The summed E-state index contributed by atoms with van der Waals surface area (Å²) >= 11 is 0. The fourth-order valence-corrected chi connectivity index (χ4v) is 10.2. The Morgan fingerprint density at radius 1 is 0.311 bits per heavy atom. The fraction of sp³-hybridized carbons (Fsp3) is 0.0508. The van der Waals surface area contributed by atoms with Crippen LogP contribution in [-0.4, -0.2) is 9.97 Å². The lowest BCUT2D eigenvalue weighted by Crippen LogP contribution is -2.15. The van der Waals surface area contributed by atoms with Crippen molar-refractivity contribution in [3.63, 3.8) is 0 Å². The highest BCUT2D eigenvalue weighted by molar-refractivity contribution is 6.12. The van der Waals surface area contributed by atoms with Gasteiger partial charge in [-0.2, -0.15) is 0 Å². The van der Waals surface area contributed by atoms with Crippen LogP contribution >= 0.6 is 0 Å². The predicted molar refractivity (Wildman–Crippen MR) is 257 cm³/mol. The zero-order valence-corrected chi connectivity index (χ0v) is 34.0. The minimum absolute atomic E-state index is 0.0877. The second-order valence-electron chi connectivity index (χ2n) is 16.9. The molecule has 61 heavy (non-hydrogen) atoms. The average Bonchev–Trinajstić information content (AvgIpc) is 3.56. The van der Waals surface area contributed by atoms with Crippen molar-refractivity contribution in [2.24, 2.45) is 0 Å².